The minimum atomic E-state index is -4.60. The molecule has 5 rings (SSSR count). The maximum absolute atomic E-state index is 14.4. The number of nitrogens with one attached hydrogen (secondary N) is 2. The monoisotopic (exact) mass is 682 g/mol. The topological polar surface area (TPSA) is 108 Å². The van der Waals surface area contributed by atoms with Gasteiger partial charge in [-0.3, -0.25) is 19.2 Å². The van der Waals surface area contributed by atoms with Crippen LogP contribution in [0.15, 0.2) is 84.9 Å². The van der Waals surface area contributed by atoms with E-state index in [2.05, 4.69) is 10.6 Å². The Morgan fingerprint density at radius 3 is 2.19 bits per heavy atom. The maximum atomic E-state index is 14.4. The largest absolute Gasteiger partial charge is 0.484 e. The van der Waals surface area contributed by atoms with Gasteiger partial charge in [-0.25, -0.2) is 0 Å². The van der Waals surface area contributed by atoms with Gasteiger partial charge in [0.2, 0.25) is 5.91 Å². The molecular weight excluding hydrogens is 649 g/mol. The lowest BCUT2D eigenvalue weighted by molar-refractivity contribution is -0.153. The zero-order valence-corrected chi connectivity index (χ0v) is 27.2. The van der Waals surface area contributed by atoms with Crippen LogP contribution in [0, 0.1) is 0 Å². The van der Waals surface area contributed by atoms with E-state index in [4.69, 9.17) is 4.74 Å². The van der Waals surface area contributed by atoms with Crippen molar-refractivity contribution in [3.05, 3.63) is 102 Å². The SMILES string of the molecule is CNC(C)C(=O)NC1CN(C(=O)c2ccc(C(C)=O)cc2)c2ccccc2N(Cc2c(OCC(F)(F)F)ccc3ccccc23)C1=O.Cl. The normalized spacial score (nSPS) is 15.2. The van der Waals surface area contributed by atoms with Gasteiger partial charge in [0.05, 0.1) is 30.5 Å². The fourth-order valence-electron chi connectivity index (χ4n) is 5.41. The van der Waals surface area contributed by atoms with E-state index in [-0.39, 0.29) is 42.6 Å². The third-order valence-electron chi connectivity index (χ3n) is 8.02. The molecule has 2 unspecified atom stereocenters. The summed E-state index contributed by atoms with van der Waals surface area (Å²) < 4.78 is 45.0. The zero-order valence-electron chi connectivity index (χ0n) is 26.3. The van der Waals surface area contributed by atoms with Crippen LogP contribution in [-0.2, 0) is 16.1 Å². The number of carbonyl (C=O) groups excluding carboxylic acids is 4. The van der Waals surface area contributed by atoms with Gasteiger partial charge in [-0.05, 0) is 62.0 Å². The highest BCUT2D eigenvalue weighted by Crippen LogP contribution is 2.38. The zero-order chi connectivity index (χ0) is 33.9. The molecule has 0 spiro atoms. The Hall–Kier alpha value is -4.94. The molecule has 4 aromatic carbocycles. The highest BCUT2D eigenvalue weighted by molar-refractivity contribution is 6.13. The van der Waals surface area contributed by atoms with E-state index in [1.165, 1.54) is 47.1 Å². The highest BCUT2D eigenvalue weighted by atomic mass is 35.5. The molecule has 0 saturated carbocycles. The van der Waals surface area contributed by atoms with Gasteiger partial charge >= 0.3 is 6.18 Å². The Morgan fingerprint density at radius 1 is 0.917 bits per heavy atom. The average molecular weight is 683 g/mol. The third kappa shape index (κ3) is 7.77. The first-order valence-corrected chi connectivity index (χ1v) is 14.9. The van der Waals surface area contributed by atoms with Gasteiger partial charge in [0.1, 0.15) is 11.8 Å². The Labute approximate surface area is 281 Å². The molecule has 9 nitrogen and oxygen atoms in total. The Morgan fingerprint density at radius 2 is 1.54 bits per heavy atom. The lowest BCUT2D eigenvalue weighted by atomic mass is 10.0. The maximum Gasteiger partial charge on any atom is 0.422 e. The molecule has 1 aliphatic heterocycles. The number of hydrogen-bond acceptors (Lipinski definition) is 6. The quantitative estimate of drug-likeness (QED) is 0.220. The van der Waals surface area contributed by atoms with Crippen LogP contribution in [0.1, 0.15) is 40.1 Å². The third-order valence-corrected chi connectivity index (χ3v) is 8.02. The van der Waals surface area contributed by atoms with Crippen molar-refractivity contribution in [2.75, 3.05) is 30.0 Å². The first kappa shape index (κ1) is 35.9. The number of likely N-dealkylation sites (N-methyl/N-ethyl adjacent to an activating group) is 1. The van der Waals surface area contributed by atoms with Crippen molar-refractivity contribution in [1.82, 2.24) is 10.6 Å². The number of amides is 3. The van der Waals surface area contributed by atoms with Crippen molar-refractivity contribution in [1.29, 1.82) is 0 Å². The molecule has 4 aromatic rings. The number of nitrogens with zero attached hydrogens (tertiary/aromatic N) is 2. The molecule has 0 saturated heterocycles. The van der Waals surface area contributed by atoms with Crippen LogP contribution in [0.5, 0.6) is 5.75 Å². The van der Waals surface area contributed by atoms with Crippen molar-refractivity contribution >= 4 is 58.1 Å². The number of fused-ring (bicyclic) bond motifs is 2. The molecular formula is C35H34ClF3N4O5. The number of halogens is 4. The van der Waals surface area contributed by atoms with E-state index in [9.17, 15) is 32.3 Å². The first-order chi connectivity index (χ1) is 22.4. The average Bonchev–Trinajstić information content (AvgIpc) is 3.17. The van der Waals surface area contributed by atoms with Crippen molar-refractivity contribution in [3.63, 3.8) is 0 Å². The van der Waals surface area contributed by atoms with Crippen molar-refractivity contribution in [2.24, 2.45) is 0 Å². The predicted octanol–water partition coefficient (Wildman–Crippen LogP) is 5.69. The predicted molar refractivity (Wildman–Crippen MR) is 179 cm³/mol. The van der Waals surface area contributed by atoms with Crippen LogP contribution in [0.2, 0.25) is 0 Å². The Balaban J connectivity index is 0.00000520. The molecule has 0 fully saturated rings. The van der Waals surface area contributed by atoms with Crippen molar-refractivity contribution < 1.29 is 37.1 Å². The fourth-order valence-corrected chi connectivity index (χ4v) is 5.41. The molecule has 0 aliphatic carbocycles. The minimum Gasteiger partial charge on any atom is -0.484 e. The van der Waals surface area contributed by atoms with Crippen LogP contribution in [-0.4, -0.2) is 62.0 Å². The van der Waals surface area contributed by atoms with Gasteiger partial charge in [0.25, 0.3) is 11.8 Å². The summed E-state index contributed by atoms with van der Waals surface area (Å²) in [5, 5.41) is 6.88. The van der Waals surface area contributed by atoms with E-state index in [0.717, 1.165) is 5.39 Å². The summed E-state index contributed by atoms with van der Waals surface area (Å²) in [5.41, 5.74) is 1.64. The molecule has 2 N–H and O–H groups in total. The van der Waals surface area contributed by atoms with E-state index >= 15 is 0 Å². The summed E-state index contributed by atoms with van der Waals surface area (Å²) in [6, 6.07) is 21.0. The van der Waals surface area contributed by atoms with Gasteiger partial charge in [0.15, 0.2) is 12.4 Å². The van der Waals surface area contributed by atoms with E-state index in [1.807, 2.05) is 0 Å². The standard InChI is InChI=1S/C35H33F3N4O5.ClH/c1-21(39-3)32(44)40-28-19-42(33(45)25-14-12-23(13-15-25)22(2)43)30-11-7-6-10-29(30)41(34(28)46)18-27-26-9-5-4-8-24(26)16-17-31(27)47-20-35(36,37)38;/h4-17,21,28,39H,18-20H2,1-3H3,(H,40,44);1H. The molecule has 0 aromatic heterocycles. The van der Waals surface area contributed by atoms with Crippen molar-refractivity contribution in [3.8, 4) is 5.75 Å². The lowest BCUT2D eigenvalue weighted by Gasteiger charge is -2.27. The molecule has 252 valence electrons. The smallest absolute Gasteiger partial charge is 0.422 e. The molecule has 0 radical (unpaired) electrons. The summed E-state index contributed by atoms with van der Waals surface area (Å²) in [6.07, 6.45) is -4.60. The second-order valence-electron chi connectivity index (χ2n) is 11.2. The molecule has 1 heterocycles. The van der Waals surface area contributed by atoms with Gasteiger partial charge in [0, 0.05) is 16.7 Å². The number of Topliss-reactive ketones (excluding diaryl/α,β-unsaturated/α-hetero) is 1. The number of anilines is 2. The second kappa shape index (κ2) is 14.9. The van der Waals surface area contributed by atoms with Crippen LogP contribution in [0.4, 0.5) is 24.5 Å². The summed E-state index contributed by atoms with van der Waals surface area (Å²) >= 11 is 0. The van der Waals surface area contributed by atoms with Crippen LogP contribution in [0.25, 0.3) is 10.8 Å². The molecule has 13 heteroatoms. The number of alkyl halides is 3. The number of hydrogen-bond donors (Lipinski definition) is 2. The number of ketones is 1. The number of para-hydroxylation sites is 2. The summed E-state index contributed by atoms with van der Waals surface area (Å²) in [7, 11) is 1.59. The Bertz CT molecular complexity index is 1830. The van der Waals surface area contributed by atoms with Crippen LogP contribution in [0.3, 0.4) is 0 Å². The minimum absolute atomic E-state index is 0. The number of carbonyl (C=O) groups is 4. The number of benzene rings is 4. The number of rotatable bonds is 9. The van der Waals surface area contributed by atoms with Gasteiger partial charge < -0.3 is 25.2 Å². The lowest BCUT2D eigenvalue weighted by Crippen LogP contribution is -2.55. The van der Waals surface area contributed by atoms with Crippen LogP contribution >= 0.6 is 12.4 Å². The summed E-state index contributed by atoms with van der Waals surface area (Å²) in [5.74, 6) is -1.78. The fraction of sp³-hybridized carbons (Fsp3) is 0.257. The summed E-state index contributed by atoms with van der Waals surface area (Å²) in [6.45, 7) is 1.02. The molecule has 1 aliphatic rings. The Kier molecular flexibility index (Phi) is 11.1. The van der Waals surface area contributed by atoms with E-state index < -0.39 is 42.6 Å². The van der Waals surface area contributed by atoms with E-state index in [0.29, 0.717) is 27.9 Å². The summed E-state index contributed by atoms with van der Waals surface area (Å²) in [4.78, 5) is 56.2. The van der Waals surface area contributed by atoms with Crippen molar-refractivity contribution in [2.45, 2.75) is 38.7 Å². The molecule has 3 amide bonds. The van der Waals surface area contributed by atoms with Gasteiger partial charge in [-0.2, -0.15) is 13.2 Å². The molecule has 48 heavy (non-hydrogen) atoms. The van der Waals surface area contributed by atoms with Gasteiger partial charge in [-0.1, -0.05) is 54.6 Å². The van der Waals surface area contributed by atoms with Gasteiger partial charge in [-0.15, -0.1) is 12.4 Å². The highest BCUT2D eigenvalue weighted by Gasteiger charge is 2.38. The molecule has 0 bridgehead atoms. The van der Waals surface area contributed by atoms with Crippen LogP contribution < -0.4 is 25.2 Å². The molecule has 2 atom stereocenters. The van der Waals surface area contributed by atoms with E-state index in [1.54, 1.807) is 68.6 Å². The first-order valence-electron chi connectivity index (χ1n) is 14.9. The number of ether oxygens (including phenoxy) is 1. The second-order valence-corrected chi connectivity index (χ2v) is 11.2.